The van der Waals surface area contributed by atoms with Gasteiger partial charge in [-0.05, 0) is 55.5 Å². The van der Waals surface area contributed by atoms with E-state index in [1.807, 2.05) is 37.3 Å². The number of ether oxygens (including phenoxy) is 1. The number of carbonyl (C=O) groups is 1. The monoisotopic (exact) mass is 338 g/mol. The maximum atomic E-state index is 12.6. The van der Waals surface area contributed by atoms with Crippen LogP contribution >= 0.6 is 0 Å². The van der Waals surface area contributed by atoms with Gasteiger partial charge in [-0.2, -0.15) is 0 Å². The molecule has 0 spiro atoms. The molecule has 1 amide bonds. The highest BCUT2D eigenvalue weighted by molar-refractivity contribution is 5.82. The molecule has 0 bridgehead atoms. The molecule has 3 atom stereocenters. The molecule has 0 aromatic heterocycles. The van der Waals surface area contributed by atoms with Crippen molar-refractivity contribution in [1.29, 1.82) is 0 Å². The predicted molar refractivity (Wildman–Crippen MR) is 99.7 cm³/mol. The molecule has 0 fully saturated rings. The van der Waals surface area contributed by atoms with Gasteiger partial charge in [-0.15, -0.1) is 0 Å². The molecule has 0 heterocycles. The topological polar surface area (TPSA) is 50.4 Å². The third-order valence-electron chi connectivity index (χ3n) is 4.94. The van der Waals surface area contributed by atoms with Gasteiger partial charge in [0, 0.05) is 6.04 Å². The molecule has 4 nitrogen and oxygen atoms in total. The van der Waals surface area contributed by atoms with Crippen molar-refractivity contribution < 1.29 is 9.53 Å². The molecule has 3 unspecified atom stereocenters. The minimum Gasteiger partial charge on any atom is -0.497 e. The molecule has 1 aliphatic rings. The maximum absolute atomic E-state index is 12.6. The van der Waals surface area contributed by atoms with Crippen LogP contribution in [0.25, 0.3) is 0 Å². The molecule has 2 N–H and O–H groups in total. The zero-order chi connectivity index (χ0) is 17.8. The minimum atomic E-state index is -0.269. The molecular formula is C21H26N2O2. The first-order valence-electron chi connectivity index (χ1n) is 8.86. The molecule has 3 rings (SSSR count). The SMILES string of the molecule is COc1cccc(C(C)NC(C)C(=O)NC2CCc3ccccc32)c1. The summed E-state index contributed by atoms with van der Waals surface area (Å²) in [4.78, 5) is 12.6. The van der Waals surface area contributed by atoms with Gasteiger partial charge in [0.1, 0.15) is 5.75 Å². The summed E-state index contributed by atoms with van der Waals surface area (Å²) < 4.78 is 5.27. The summed E-state index contributed by atoms with van der Waals surface area (Å²) in [5.74, 6) is 0.863. The number of nitrogens with one attached hydrogen (secondary N) is 2. The van der Waals surface area contributed by atoms with Crippen LogP contribution in [0.15, 0.2) is 48.5 Å². The van der Waals surface area contributed by atoms with Gasteiger partial charge in [-0.1, -0.05) is 36.4 Å². The fourth-order valence-corrected chi connectivity index (χ4v) is 3.46. The first-order valence-corrected chi connectivity index (χ1v) is 8.86. The zero-order valence-corrected chi connectivity index (χ0v) is 15.1. The van der Waals surface area contributed by atoms with Crippen molar-refractivity contribution in [2.75, 3.05) is 7.11 Å². The number of rotatable bonds is 6. The van der Waals surface area contributed by atoms with Crippen LogP contribution in [0.4, 0.5) is 0 Å². The number of carbonyl (C=O) groups excluding carboxylic acids is 1. The van der Waals surface area contributed by atoms with E-state index in [-0.39, 0.29) is 24.0 Å². The van der Waals surface area contributed by atoms with Crippen LogP contribution in [0.3, 0.4) is 0 Å². The highest BCUT2D eigenvalue weighted by Gasteiger charge is 2.25. The third kappa shape index (κ3) is 4.02. The number of hydrogen-bond donors (Lipinski definition) is 2. The second kappa shape index (κ2) is 7.70. The second-order valence-electron chi connectivity index (χ2n) is 6.69. The summed E-state index contributed by atoms with van der Waals surface area (Å²) in [6.07, 6.45) is 2.01. The van der Waals surface area contributed by atoms with Crippen molar-refractivity contribution in [2.45, 2.75) is 44.8 Å². The lowest BCUT2D eigenvalue weighted by Gasteiger charge is -2.22. The van der Waals surface area contributed by atoms with Crippen LogP contribution in [0, 0.1) is 0 Å². The molecule has 0 saturated carbocycles. The number of hydrogen-bond acceptors (Lipinski definition) is 3. The van der Waals surface area contributed by atoms with Crippen molar-refractivity contribution in [3.63, 3.8) is 0 Å². The quantitative estimate of drug-likeness (QED) is 0.847. The Morgan fingerprint density at radius 1 is 1.16 bits per heavy atom. The standard InChI is InChI=1S/C21H26N2O2/c1-14(17-8-6-9-18(13-17)25-3)22-15(2)21(24)23-20-12-11-16-7-4-5-10-19(16)20/h4-10,13-15,20,22H,11-12H2,1-3H3,(H,23,24). The summed E-state index contributed by atoms with van der Waals surface area (Å²) >= 11 is 0. The summed E-state index contributed by atoms with van der Waals surface area (Å²) in [5.41, 5.74) is 3.70. The average Bonchev–Trinajstić information content (AvgIpc) is 3.04. The molecule has 0 radical (unpaired) electrons. The summed E-state index contributed by atoms with van der Waals surface area (Å²) in [5, 5.41) is 6.57. The number of amides is 1. The van der Waals surface area contributed by atoms with Crippen molar-refractivity contribution in [3.05, 3.63) is 65.2 Å². The van der Waals surface area contributed by atoms with Gasteiger partial charge in [0.25, 0.3) is 0 Å². The van der Waals surface area contributed by atoms with E-state index in [4.69, 9.17) is 4.74 Å². The Labute approximate surface area is 149 Å². The van der Waals surface area contributed by atoms with Crippen LogP contribution in [-0.2, 0) is 11.2 Å². The first kappa shape index (κ1) is 17.5. The smallest absolute Gasteiger partial charge is 0.237 e. The van der Waals surface area contributed by atoms with Crippen LogP contribution in [0.1, 0.15) is 49.0 Å². The Bertz CT molecular complexity index is 744. The van der Waals surface area contributed by atoms with E-state index in [1.54, 1.807) is 7.11 Å². The van der Waals surface area contributed by atoms with Crippen molar-refractivity contribution >= 4 is 5.91 Å². The Balaban J connectivity index is 1.59. The lowest BCUT2D eigenvalue weighted by molar-refractivity contribution is -0.123. The van der Waals surface area contributed by atoms with Crippen LogP contribution in [-0.4, -0.2) is 19.1 Å². The number of methoxy groups -OCH3 is 1. The van der Waals surface area contributed by atoms with Crippen molar-refractivity contribution in [1.82, 2.24) is 10.6 Å². The second-order valence-corrected chi connectivity index (χ2v) is 6.69. The van der Waals surface area contributed by atoms with Gasteiger partial charge in [-0.25, -0.2) is 0 Å². The Kier molecular flexibility index (Phi) is 5.39. The maximum Gasteiger partial charge on any atom is 0.237 e. The Morgan fingerprint density at radius 2 is 1.96 bits per heavy atom. The van der Waals surface area contributed by atoms with Crippen LogP contribution < -0.4 is 15.4 Å². The van der Waals surface area contributed by atoms with Gasteiger partial charge in [-0.3, -0.25) is 10.1 Å². The lowest BCUT2D eigenvalue weighted by Crippen LogP contribution is -2.44. The molecule has 0 aliphatic heterocycles. The van der Waals surface area contributed by atoms with E-state index in [1.165, 1.54) is 11.1 Å². The fourth-order valence-electron chi connectivity index (χ4n) is 3.46. The van der Waals surface area contributed by atoms with E-state index < -0.39 is 0 Å². The van der Waals surface area contributed by atoms with Gasteiger partial charge >= 0.3 is 0 Å². The van der Waals surface area contributed by atoms with E-state index in [0.29, 0.717) is 0 Å². The average molecular weight is 338 g/mol. The lowest BCUT2D eigenvalue weighted by atomic mass is 10.1. The first-order chi connectivity index (χ1) is 12.1. The Morgan fingerprint density at radius 3 is 2.76 bits per heavy atom. The van der Waals surface area contributed by atoms with Crippen LogP contribution in [0.5, 0.6) is 5.75 Å². The third-order valence-corrected chi connectivity index (χ3v) is 4.94. The van der Waals surface area contributed by atoms with Gasteiger partial charge in [0.2, 0.25) is 5.91 Å². The molecule has 25 heavy (non-hydrogen) atoms. The highest BCUT2D eigenvalue weighted by Crippen LogP contribution is 2.30. The molecule has 132 valence electrons. The van der Waals surface area contributed by atoms with Crippen molar-refractivity contribution in [3.8, 4) is 5.75 Å². The molecule has 2 aromatic carbocycles. The predicted octanol–water partition coefficient (Wildman–Crippen LogP) is 3.54. The molecule has 4 heteroatoms. The fraction of sp³-hybridized carbons (Fsp3) is 0.381. The normalized spacial score (nSPS) is 18.3. The number of fused-ring (bicyclic) bond motifs is 1. The summed E-state index contributed by atoms with van der Waals surface area (Å²) in [6.45, 7) is 3.97. The van der Waals surface area contributed by atoms with Gasteiger partial charge in [0.15, 0.2) is 0 Å². The van der Waals surface area contributed by atoms with E-state index in [9.17, 15) is 4.79 Å². The summed E-state index contributed by atoms with van der Waals surface area (Å²) in [7, 11) is 1.66. The van der Waals surface area contributed by atoms with Gasteiger partial charge < -0.3 is 10.1 Å². The molecule has 1 aliphatic carbocycles. The Hall–Kier alpha value is -2.33. The van der Waals surface area contributed by atoms with E-state index in [2.05, 4.69) is 35.8 Å². The zero-order valence-electron chi connectivity index (χ0n) is 15.1. The van der Waals surface area contributed by atoms with E-state index in [0.717, 1.165) is 24.2 Å². The van der Waals surface area contributed by atoms with Gasteiger partial charge in [0.05, 0.1) is 19.2 Å². The summed E-state index contributed by atoms with van der Waals surface area (Å²) in [6, 6.07) is 16.2. The minimum absolute atomic E-state index is 0.0384. The molecule has 0 saturated heterocycles. The highest BCUT2D eigenvalue weighted by atomic mass is 16.5. The van der Waals surface area contributed by atoms with E-state index >= 15 is 0 Å². The van der Waals surface area contributed by atoms with Crippen LogP contribution in [0.2, 0.25) is 0 Å². The molecular weight excluding hydrogens is 312 g/mol. The number of aryl methyl sites for hydroxylation is 1. The molecule has 2 aromatic rings. The largest absolute Gasteiger partial charge is 0.497 e. The van der Waals surface area contributed by atoms with Crippen molar-refractivity contribution in [2.24, 2.45) is 0 Å². The number of benzene rings is 2.